The van der Waals surface area contributed by atoms with Gasteiger partial charge in [0, 0.05) is 20.0 Å². The zero-order chi connectivity index (χ0) is 30.6. The lowest BCUT2D eigenvalue weighted by Crippen LogP contribution is -2.52. The van der Waals surface area contributed by atoms with Crippen molar-refractivity contribution < 1.29 is 36.3 Å². The van der Waals surface area contributed by atoms with Crippen LogP contribution in [0.15, 0.2) is 54.6 Å². The van der Waals surface area contributed by atoms with E-state index in [2.05, 4.69) is 10.6 Å². The van der Waals surface area contributed by atoms with E-state index in [0.717, 1.165) is 18.1 Å². The molecule has 2 aromatic carbocycles. The van der Waals surface area contributed by atoms with Crippen molar-refractivity contribution in [1.82, 2.24) is 10.6 Å². The van der Waals surface area contributed by atoms with Crippen molar-refractivity contribution in [2.24, 2.45) is 11.8 Å². The molecule has 3 atom stereocenters. The molecular weight excluding hydrogens is 568 g/mol. The fourth-order valence-corrected chi connectivity index (χ4v) is 7.19. The van der Waals surface area contributed by atoms with Gasteiger partial charge in [0.2, 0.25) is 20.9 Å². The summed E-state index contributed by atoms with van der Waals surface area (Å²) in [7, 11) is -6.60. The average molecular weight is 611 g/mol. The first-order chi connectivity index (χ1) is 19.2. The third-order valence-electron chi connectivity index (χ3n) is 6.60. The molecule has 0 saturated carbocycles. The van der Waals surface area contributed by atoms with Crippen molar-refractivity contribution in [3.63, 3.8) is 0 Å². The number of carbonyl (C=O) groups excluding carboxylic acids is 2. The molecule has 0 aromatic heterocycles. The number of amides is 1. The Morgan fingerprint density at radius 1 is 0.951 bits per heavy atom. The maximum atomic E-state index is 13.4. The lowest BCUT2D eigenvalue weighted by atomic mass is 10.00. The second-order valence-corrected chi connectivity index (χ2v) is 15.0. The Balaban J connectivity index is 2.24. The van der Waals surface area contributed by atoms with Crippen LogP contribution in [-0.2, 0) is 42.2 Å². The van der Waals surface area contributed by atoms with Crippen molar-refractivity contribution in [2.75, 3.05) is 30.9 Å². The number of aliphatic hydroxyl groups is 1. The average Bonchev–Trinajstić information content (AvgIpc) is 2.91. The molecule has 2 aromatic rings. The van der Waals surface area contributed by atoms with Crippen LogP contribution >= 0.6 is 0 Å². The van der Waals surface area contributed by atoms with E-state index in [-0.39, 0.29) is 24.6 Å². The van der Waals surface area contributed by atoms with E-state index in [9.17, 15) is 31.5 Å². The van der Waals surface area contributed by atoms with E-state index < -0.39 is 60.3 Å². The fourth-order valence-electron chi connectivity index (χ4n) is 4.13. The number of ether oxygens (including phenoxy) is 1. The Morgan fingerprint density at radius 3 is 2.22 bits per heavy atom. The molecular formula is C29H42N2O8S2. The summed E-state index contributed by atoms with van der Waals surface area (Å²) >= 11 is 0. The Labute approximate surface area is 243 Å². The van der Waals surface area contributed by atoms with Gasteiger partial charge < -0.3 is 20.5 Å². The normalized spacial score (nSPS) is 14.3. The SMILES string of the molecule is COc1cccc(CNC[C@@H](O)[C@H](Cc2ccccc2)NC(=O)C(CS(=O)(=O)CCC(C)C)CS(=O)(=O)C(C)=O)c1. The van der Waals surface area contributed by atoms with E-state index in [0.29, 0.717) is 18.7 Å². The van der Waals surface area contributed by atoms with E-state index in [1.54, 1.807) is 7.11 Å². The molecule has 0 heterocycles. The van der Waals surface area contributed by atoms with Crippen LogP contribution in [0.5, 0.6) is 5.75 Å². The number of methoxy groups -OCH3 is 1. The van der Waals surface area contributed by atoms with Gasteiger partial charge in [-0.25, -0.2) is 16.8 Å². The maximum absolute atomic E-state index is 13.4. The molecule has 0 saturated heterocycles. The van der Waals surface area contributed by atoms with Gasteiger partial charge in [-0.3, -0.25) is 9.59 Å². The minimum Gasteiger partial charge on any atom is -0.497 e. The highest BCUT2D eigenvalue weighted by molar-refractivity contribution is 8.06. The molecule has 0 aliphatic rings. The van der Waals surface area contributed by atoms with Crippen molar-refractivity contribution in [1.29, 1.82) is 0 Å². The first kappa shape index (κ1) is 34.4. The minimum atomic E-state index is -4.36. The molecule has 228 valence electrons. The lowest BCUT2D eigenvalue weighted by Gasteiger charge is -2.27. The van der Waals surface area contributed by atoms with Crippen LogP contribution in [0, 0.1) is 11.8 Å². The monoisotopic (exact) mass is 610 g/mol. The summed E-state index contributed by atoms with van der Waals surface area (Å²) in [4.78, 5) is 25.2. The number of rotatable bonds is 17. The molecule has 0 fully saturated rings. The number of sulfone groups is 2. The van der Waals surface area contributed by atoms with Crippen molar-refractivity contribution >= 4 is 30.7 Å². The molecule has 0 spiro atoms. The first-order valence-corrected chi connectivity index (χ1v) is 17.0. The fraction of sp³-hybridized carbons (Fsp3) is 0.517. The molecule has 10 nitrogen and oxygen atoms in total. The van der Waals surface area contributed by atoms with Crippen LogP contribution in [-0.4, -0.2) is 76.0 Å². The maximum Gasteiger partial charge on any atom is 0.243 e. The smallest absolute Gasteiger partial charge is 0.243 e. The Kier molecular flexibility index (Phi) is 13.4. The minimum absolute atomic E-state index is 0.0814. The Morgan fingerprint density at radius 2 is 1.61 bits per heavy atom. The van der Waals surface area contributed by atoms with E-state index in [1.165, 1.54) is 0 Å². The summed E-state index contributed by atoms with van der Waals surface area (Å²) in [6.07, 6.45) is -0.543. The van der Waals surface area contributed by atoms with Gasteiger partial charge in [0.05, 0.1) is 42.4 Å². The predicted octanol–water partition coefficient (Wildman–Crippen LogP) is 1.91. The van der Waals surface area contributed by atoms with Gasteiger partial charge in [0.1, 0.15) is 5.75 Å². The summed E-state index contributed by atoms with van der Waals surface area (Å²) in [5.41, 5.74) is 1.73. The predicted molar refractivity (Wildman–Crippen MR) is 159 cm³/mol. The lowest BCUT2D eigenvalue weighted by molar-refractivity contribution is -0.125. The summed E-state index contributed by atoms with van der Waals surface area (Å²) in [6, 6.07) is 15.6. The van der Waals surface area contributed by atoms with Crippen LogP contribution in [0.25, 0.3) is 0 Å². The van der Waals surface area contributed by atoms with E-state index in [4.69, 9.17) is 4.74 Å². The summed E-state index contributed by atoms with van der Waals surface area (Å²) < 4.78 is 55.7. The van der Waals surface area contributed by atoms with Gasteiger partial charge in [-0.05, 0) is 42.0 Å². The highest BCUT2D eigenvalue weighted by Crippen LogP contribution is 2.15. The zero-order valence-corrected chi connectivity index (χ0v) is 25.7. The van der Waals surface area contributed by atoms with E-state index >= 15 is 0 Å². The number of carbonyl (C=O) groups is 2. The zero-order valence-electron chi connectivity index (χ0n) is 24.1. The third kappa shape index (κ3) is 12.3. The van der Waals surface area contributed by atoms with Gasteiger partial charge in [-0.1, -0.05) is 56.3 Å². The van der Waals surface area contributed by atoms with Crippen LogP contribution < -0.4 is 15.4 Å². The number of aliphatic hydroxyl groups excluding tert-OH is 1. The highest BCUT2D eigenvalue weighted by atomic mass is 32.2. The van der Waals surface area contributed by atoms with Gasteiger partial charge in [0.15, 0.2) is 9.84 Å². The molecule has 0 bridgehead atoms. The standard InChI is InChI=1S/C29H42N2O8S2/c1-21(2)13-14-40(35,36)19-25(20-41(37,38)22(3)32)29(34)31-27(16-23-9-6-5-7-10-23)28(33)18-30-17-24-11-8-12-26(15-24)39-4/h5-12,15,21,25,27-28,30,33H,13-14,16-20H2,1-4H3,(H,31,34)/t25?,27-,28+/m0/s1. The van der Waals surface area contributed by atoms with Crippen LogP contribution in [0.3, 0.4) is 0 Å². The quantitative estimate of drug-likeness (QED) is 0.244. The summed E-state index contributed by atoms with van der Waals surface area (Å²) in [6.45, 7) is 5.08. The highest BCUT2D eigenvalue weighted by Gasteiger charge is 2.34. The largest absolute Gasteiger partial charge is 0.497 e. The molecule has 3 N–H and O–H groups in total. The Bertz CT molecular complexity index is 1350. The molecule has 1 amide bonds. The number of nitrogens with one attached hydrogen (secondary N) is 2. The topological polar surface area (TPSA) is 156 Å². The molecule has 2 rings (SSSR count). The molecule has 1 unspecified atom stereocenters. The number of hydrogen-bond acceptors (Lipinski definition) is 9. The van der Waals surface area contributed by atoms with Crippen LogP contribution in [0.2, 0.25) is 0 Å². The van der Waals surface area contributed by atoms with Crippen molar-refractivity contribution in [3.8, 4) is 5.75 Å². The van der Waals surface area contributed by atoms with Gasteiger partial charge in [0.25, 0.3) is 0 Å². The first-order valence-electron chi connectivity index (χ1n) is 13.5. The molecule has 0 radical (unpaired) electrons. The van der Waals surface area contributed by atoms with Crippen molar-refractivity contribution in [2.45, 2.75) is 52.3 Å². The number of hydrogen-bond donors (Lipinski definition) is 3. The second-order valence-electron chi connectivity index (χ2n) is 10.6. The van der Waals surface area contributed by atoms with Crippen molar-refractivity contribution in [3.05, 3.63) is 65.7 Å². The molecule has 0 aliphatic carbocycles. The summed E-state index contributed by atoms with van der Waals surface area (Å²) in [5, 5.41) is 15.8. The van der Waals surface area contributed by atoms with Crippen LogP contribution in [0.4, 0.5) is 0 Å². The van der Waals surface area contributed by atoms with Crippen LogP contribution in [0.1, 0.15) is 38.3 Å². The summed E-state index contributed by atoms with van der Waals surface area (Å²) in [5.74, 6) is -3.45. The third-order valence-corrected chi connectivity index (χ3v) is 10.1. The molecule has 41 heavy (non-hydrogen) atoms. The van der Waals surface area contributed by atoms with E-state index in [1.807, 2.05) is 68.4 Å². The Hall–Kier alpha value is -2.80. The number of benzene rings is 2. The second kappa shape index (κ2) is 16.0. The molecule has 12 heteroatoms. The van der Waals surface area contributed by atoms with Gasteiger partial charge in [-0.2, -0.15) is 0 Å². The molecule has 0 aliphatic heterocycles. The van der Waals surface area contributed by atoms with Gasteiger partial charge >= 0.3 is 0 Å². The van der Waals surface area contributed by atoms with Gasteiger partial charge in [-0.15, -0.1) is 0 Å².